The molecule has 1 aliphatic rings. The van der Waals surface area contributed by atoms with E-state index in [-0.39, 0.29) is 11.8 Å². The fourth-order valence-electron chi connectivity index (χ4n) is 3.60. The number of anilines is 2. The van der Waals surface area contributed by atoms with Gasteiger partial charge in [0.05, 0.1) is 5.92 Å². The SMILES string of the molecule is Cc1cc(C)nc(N2CCC[C@H](C(=O)Nc3ccc4[nH]ccc4c3)C2)n1. The zero-order valence-corrected chi connectivity index (χ0v) is 15.1. The van der Waals surface area contributed by atoms with Gasteiger partial charge in [0.2, 0.25) is 11.9 Å². The summed E-state index contributed by atoms with van der Waals surface area (Å²) in [7, 11) is 0. The maximum absolute atomic E-state index is 12.8. The molecule has 0 saturated carbocycles. The second-order valence-electron chi connectivity index (χ2n) is 7.00. The highest BCUT2D eigenvalue weighted by atomic mass is 16.1. The third-order valence-corrected chi connectivity index (χ3v) is 4.87. The number of piperidine rings is 1. The largest absolute Gasteiger partial charge is 0.361 e. The van der Waals surface area contributed by atoms with Gasteiger partial charge in [-0.25, -0.2) is 9.97 Å². The van der Waals surface area contributed by atoms with Crippen molar-refractivity contribution in [2.45, 2.75) is 26.7 Å². The van der Waals surface area contributed by atoms with E-state index in [1.807, 2.05) is 50.4 Å². The van der Waals surface area contributed by atoms with Crippen LogP contribution < -0.4 is 10.2 Å². The van der Waals surface area contributed by atoms with E-state index < -0.39 is 0 Å². The standard InChI is InChI=1S/C20H23N5O/c1-13-10-14(2)23-20(22-13)25-9-3-4-16(12-25)19(26)24-17-5-6-18-15(11-17)7-8-21-18/h5-8,10-11,16,21H,3-4,9,12H2,1-2H3,(H,24,26)/t16-/m0/s1. The molecule has 0 aliphatic carbocycles. The third kappa shape index (κ3) is 3.40. The summed E-state index contributed by atoms with van der Waals surface area (Å²) in [4.78, 5) is 27.1. The second-order valence-corrected chi connectivity index (χ2v) is 7.00. The van der Waals surface area contributed by atoms with Crippen molar-refractivity contribution < 1.29 is 4.79 Å². The molecule has 0 radical (unpaired) electrons. The van der Waals surface area contributed by atoms with Crippen LogP contribution in [0.25, 0.3) is 10.9 Å². The Balaban J connectivity index is 1.47. The summed E-state index contributed by atoms with van der Waals surface area (Å²) in [5.41, 5.74) is 3.82. The molecule has 6 nitrogen and oxygen atoms in total. The summed E-state index contributed by atoms with van der Waals surface area (Å²) in [5, 5.41) is 4.16. The molecule has 1 fully saturated rings. The molecule has 134 valence electrons. The first kappa shape index (κ1) is 16.6. The number of hydrogen-bond acceptors (Lipinski definition) is 4. The van der Waals surface area contributed by atoms with Gasteiger partial charge < -0.3 is 15.2 Å². The number of aromatic nitrogens is 3. The maximum atomic E-state index is 12.8. The quantitative estimate of drug-likeness (QED) is 0.760. The summed E-state index contributed by atoms with van der Waals surface area (Å²) in [6.45, 7) is 5.50. The van der Waals surface area contributed by atoms with Gasteiger partial charge in [0.15, 0.2) is 0 Å². The average molecular weight is 349 g/mol. The summed E-state index contributed by atoms with van der Waals surface area (Å²) < 4.78 is 0. The lowest BCUT2D eigenvalue weighted by molar-refractivity contribution is -0.120. The number of fused-ring (bicyclic) bond motifs is 1. The Hall–Kier alpha value is -2.89. The number of nitrogens with one attached hydrogen (secondary N) is 2. The van der Waals surface area contributed by atoms with Crippen LogP contribution in [0.4, 0.5) is 11.6 Å². The molecule has 1 aromatic carbocycles. The van der Waals surface area contributed by atoms with E-state index in [0.29, 0.717) is 6.54 Å². The van der Waals surface area contributed by atoms with Crippen molar-refractivity contribution in [1.82, 2.24) is 15.0 Å². The van der Waals surface area contributed by atoms with Gasteiger partial charge in [0.1, 0.15) is 0 Å². The predicted molar refractivity (Wildman–Crippen MR) is 103 cm³/mol. The number of aryl methyl sites for hydroxylation is 2. The van der Waals surface area contributed by atoms with E-state index in [1.54, 1.807) is 0 Å². The number of nitrogens with zero attached hydrogens (tertiary/aromatic N) is 3. The van der Waals surface area contributed by atoms with E-state index in [4.69, 9.17) is 0 Å². The van der Waals surface area contributed by atoms with Crippen molar-refractivity contribution in [2.24, 2.45) is 5.92 Å². The molecule has 4 rings (SSSR count). The highest BCUT2D eigenvalue weighted by molar-refractivity contribution is 5.95. The molecule has 0 spiro atoms. The van der Waals surface area contributed by atoms with Crippen LogP contribution in [0, 0.1) is 19.8 Å². The summed E-state index contributed by atoms with van der Waals surface area (Å²) in [6, 6.07) is 9.89. The average Bonchev–Trinajstić information content (AvgIpc) is 3.09. The molecule has 0 unspecified atom stereocenters. The Bertz CT molecular complexity index is 928. The first-order chi connectivity index (χ1) is 12.6. The van der Waals surface area contributed by atoms with Crippen LogP contribution in [0.1, 0.15) is 24.2 Å². The predicted octanol–water partition coefficient (Wildman–Crippen LogP) is 3.43. The molecular formula is C20H23N5O. The maximum Gasteiger partial charge on any atom is 0.229 e. The van der Waals surface area contributed by atoms with E-state index >= 15 is 0 Å². The number of amides is 1. The second kappa shape index (κ2) is 6.78. The van der Waals surface area contributed by atoms with Crippen molar-refractivity contribution in [2.75, 3.05) is 23.3 Å². The molecule has 3 aromatic rings. The Kier molecular flexibility index (Phi) is 4.32. The Morgan fingerprint density at radius 2 is 2.00 bits per heavy atom. The first-order valence-corrected chi connectivity index (χ1v) is 9.04. The number of benzene rings is 1. The van der Waals surface area contributed by atoms with Crippen molar-refractivity contribution >= 4 is 28.4 Å². The van der Waals surface area contributed by atoms with Gasteiger partial charge >= 0.3 is 0 Å². The fraction of sp³-hybridized carbons (Fsp3) is 0.350. The molecule has 1 amide bonds. The van der Waals surface area contributed by atoms with Gasteiger partial charge in [-0.15, -0.1) is 0 Å². The Labute approximate surface area is 152 Å². The lowest BCUT2D eigenvalue weighted by Crippen LogP contribution is -2.41. The minimum absolute atomic E-state index is 0.0601. The first-order valence-electron chi connectivity index (χ1n) is 9.04. The number of H-pyrrole nitrogens is 1. The zero-order valence-electron chi connectivity index (χ0n) is 15.1. The normalized spacial score (nSPS) is 17.5. The van der Waals surface area contributed by atoms with E-state index in [2.05, 4.69) is 25.2 Å². The lowest BCUT2D eigenvalue weighted by Gasteiger charge is -2.32. The molecule has 3 heterocycles. The van der Waals surface area contributed by atoms with Crippen molar-refractivity contribution in [1.29, 1.82) is 0 Å². The molecule has 2 N–H and O–H groups in total. The minimum atomic E-state index is -0.0601. The van der Waals surface area contributed by atoms with Gasteiger partial charge in [-0.3, -0.25) is 4.79 Å². The molecule has 0 bridgehead atoms. The molecule has 6 heteroatoms. The van der Waals surface area contributed by atoms with Gasteiger partial charge in [-0.05, 0) is 57.0 Å². The molecule has 26 heavy (non-hydrogen) atoms. The zero-order chi connectivity index (χ0) is 18.1. The van der Waals surface area contributed by atoms with Crippen LogP contribution in [-0.2, 0) is 4.79 Å². The van der Waals surface area contributed by atoms with Crippen LogP contribution in [0.2, 0.25) is 0 Å². The van der Waals surface area contributed by atoms with Crippen molar-refractivity contribution in [3.63, 3.8) is 0 Å². The molecule has 1 aliphatic heterocycles. The number of rotatable bonds is 3. The van der Waals surface area contributed by atoms with Crippen molar-refractivity contribution in [3.05, 3.63) is 47.9 Å². The van der Waals surface area contributed by atoms with E-state index in [0.717, 1.165) is 53.3 Å². The van der Waals surface area contributed by atoms with Crippen LogP contribution in [-0.4, -0.2) is 33.9 Å². The summed E-state index contributed by atoms with van der Waals surface area (Å²) >= 11 is 0. The van der Waals surface area contributed by atoms with Crippen LogP contribution >= 0.6 is 0 Å². The van der Waals surface area contributed by atoms with Crippen molar-refractivity contribution in [3.8, 4) is 0 Å². The Morgan fingerprint density at radius 1 is 1.19 bits per heavy atom. The van der Waals surface area contributed by atoms with Gasteiger partial charge in [0.25, 0.3) is 0 Å². The minimum Gasteiger partial charge on any atom is -0.361 e. The molecule has 2 aromatic heterocycles. The fourth-order valence-corrected chi connectivity index (χ4v) is 3.60. The molecule has 1 atom stereocenters. The number of carbonyl (C=O) groups is 1. The van der Waals surface area contributed by atoms with E-state index in [1.165, 1.54) is 0 Å². The number of aromatic amines is 1. The van der Waals surface area contributed by atoms with Crippen LogP contribution in [0.15, 0.2) is 36.5 Å². The van der Waals surface area contributed by atoms with Gasteiger partial charge in [-0.2, -0.15) is 0 Å². The highest BCUT2D eigenvalue weighted by Crippen LogP contribution is 2.23. The smallest absolute Gasteiger partial charge is 0.229 e. The Morgan fingerprint density at radius 3 is 2.81 bits per heavy atom. The van der Waals surface area contributed by atoms with Crippen LogP contribution in [0.3, 0.4) is 0 Å². The topological polar surface area (TPSA) is 73.9 Å². The van der Waals surface area contributed by atoms with Gasteiger partial charge in [-0.1, -0.05) is 0 Å². The summed E-state index contributed by atoms with van der Waals surface area (Å²) in [6.07, 6.45) is 3.75. The summed E-state index contributed by atoms with van der Waals surface area (Å²) in [5.74, 6) is 0.734. The molecule has 1 saturated heterocycles. The van der Waals surface area contributed by atoms with Crippen LogP contribution in [0.5, 0.6) is 0 Å². The monoisotopic (exact) mass is 349 g/mol. The number of carbonyl (C=O) groups excluding carboxylic acids is 1. The lowest BCUT2D eigenvalue weighted by atomic mass is 9.97. The van der Waals surface area contributed by atoms with E-state index in [9.17, 15) is 4.79 Å². The highest BCUT2D eigenvalue weighted by Gasteiger charge is 2.27. The molecular weight excluding hydrogens is 326 g/mol. The third-order valence-electron chi connectivity index (χ3n) is 4.87. The number of hydrogen-bond donors (Lipinski definition) is 2. The van der Waals surface area contributed by atoms with Gasteiger partial charge in [0, 0.05) is 47.3 Å².